The van der Waals surface area contributed by atoms with Gasteiger partial charge in [0.2, 0.25) is 0 Å². The molecule has 2 fully saturated rings. The Morgan fingerprint density at radius 1 is 1.33 bits per heavy atom. The first kappa shape index (κ1) is 14.5. The third-order valence-corrected chi connectivity index (χ3v) is 5.32. The lowest BCUT2D eigenvalue weighted by Crippen LogP contribution is -2.35. The fourth-order valence-electron chi connectivity index (χ4n) is 3.97. The van der Waals surface area contributed by atoms with E-state index in [0.29, 0.717) is 24.0 Å². The largest absolute Gasteiger partial charge is 0.299 e. The summed E-state index contributed by atoms with van der Waals surface area (Å²) in [5, 5.41) is 0. The van der Waals surface area contributed by atoms with Gasteiger partial charge in [-0.2, -0.15) is 0 Å². The topological polar surface area (TPSA) is 29.4 Å². The predicted octanol–water partition coefficient (Wildman–Crippen LogP) is 4.67. The molecule has 21 heavy (non-hydrogen) atoms. The number of hydrogen-bond acceptors (Lipinski definition) is 2. The number of aliphatic imine (C=N–C) groups is 1. The van der Waals surface area contributed by atoms with Crippen LogP contribution < -0.4 is 0 Å². The fourth-order valence-corrected chi connectivity index (χ4v) is 3.97. The van der Waals surface area contributed by atoms with E-state index in [1.54, 1.807) is 0 Å². The average molecular weight is 283 g/mol. The van der Waals surface area contributed by atoms with Gasteiger partial charge in [0.15, 0.2) is 0 Å². The molecule has 1 aromatic carbocycles. The monoisotopic (exact) mass is 283 g/mol. The first-order valence-corrected chi connectivity index (χ1v) is 7.94. The van der Waals surface area contributed by atoms with Crippen molar-refractivity contribution in [2.45, 2.75) is 40.5 Å². The molecule has 3 rings (SSSR count). The van der Waals surface area contributed by atoms with Gasteiger partial charge in [-0.3, -0.25) is 9.79 Å². The Labute approximate surface area is 127 Å². The lowest BCUT2D eigenvalue weighted by atomic mass is 9.69. The Morgan fingerprint density at radius 2 is 2.00 bits per heavy atom. The van der Waals surface area contributed by atoms with Crippen molar-refractivity contribution >= 4 is 17.7 Å². The second kappa shape index (κ2) is 4.79. The van der Waals surface area contributed by atoms with Crippen molar-refractivity contribution in [3.05, 3.63) is 30.3 Å². The van der Waals surface area contributed by atoms with Crippen LogP contribution in [0, 0.1) is 28.6 Å². The molecule has 2 aliphatic rings. The molecule has 0 bridgehead atoms. The number of Topliss-reactive ketones (excluding diaryl/α,β-unsaturated/α-hetero) is 1. The van der Waals surface area contributed by atoms with Gasteiger partial charge >= 0.3 is 0 Å². The molecule has 4 atom stereocenters. The van der Waals surface area contributed by atoms with E-state index in [-0.39, 0.29) is 16.7 Å². The van der Waals surface area contributed by atoms with Crippen molar-refractivity contribution in [3.8, 4) is 0 Å². The number of benzene rings is 1. The standard InChI is InChI=1S/C19H25NO/c1-18(2,3)11-17(21)15-10-14-16(19(14,15)4)12-20-13-8-6-5-7-9-13/h5-9,12,14-16H,10-11H2,1-4H3. The molecule has 2 heteroatoms. The second-order valence-corrected chi connectivity index (χ2v) is 8.10. The fraction of sp³-hybridized carbons (Fsp3) is 0.579. The number of ketones is 1. The van der Waals surface area contributed by atoms with E-state index in [0.717, 1.165) is 12.1 Å². The van der Waals surface area contributed by atoms with Crippen molar-refractivity contribution in [1.29, 1.82) is 0 Å². The van der Waals surface area contributed by atoms with E-state index in [1.165, 1.54) is 0 Å². The summed E-state index contributed by atoms with van der Waals surface area (Å²) in [6.45, 7) is 8.70. The Morgan fingerprint density at radius 3 is 2.62 bits per heavy atom. The second-order valence-electron chi connectivity index (χ2n) is 8.10. The summed E-state index contributed by atoms with van der Waals surface area (Å²) in [7, 11) is 0. The highest BCUT2D eigenvalue weighted by atomic mass is 16.1. The van der Waals surface area contributed by atoms with Gasteiger partial charge < -0.3 is 0 Å². The summed E-state index contributed by atoms with van der Waals surface area (Å²) < 4.78 is 0. The molecule has 4 unspecified atom stereocenters. The quantitative estimate of drug-likeness (QED) is 0.738. The SMILES string of the molecule is CC(C)(C)CC(=O)C1CC2C(C=Nc3ccccc3)C12C. The number of para-hydroxylation sites is 1. The zero-order chi connectivity index (χ0) is 15.3. The van der Waals surface area contributed by atoms with E-state index in [9.17, 15) is 4.79 Å². The highest BCUT2D eigenvalue weighted by Gasteiger charge is 2.73. The summed E-state index contributed by atoms with van der Waals surface area (Å²) in [5.74, 6) is 1.89. The maximum absolute atomic E-state index is 12.5. The Balaban J connectivity index is 1.63. The van der Waals surface area contributed by atoms with E-state index in [1.807, 2.05) is 30.3 Å². The predicted molar refractivity (Wildman–Crippen MR) is 86.9 cm³/mol. The highest BCUT2D eigenvalue weighted by Crippen LogP contribution is 2.74. The summed E-state index contributed by atoms with van der Waals surface area (Å²) in [6, 6.07) is 10.1. The molecule has 0 saturated heterocycles. The zero-order valence-electron chi connectivity index (χ0n) is 13.5. The molecule has 2 saturated carbocycles. The van der Waals surface area contributed by atoms with Gasteiger partial charge in [0.05, 0.1) is 5.69 Å². The molecule has 112 valence electrons. The van der Waals surface area contributed by atoms with Crippen LogP contribution in [0.1, 0.15) is 40.5 Å². The van der Waals surface area contributed by atoms with Crippen molar-refractivity contribution < 1.29 is 4.79 Å². The first-order valence-electron chi connectivity index (χ1n) is 7.94. The van der Waals surface area contributed by atoms with Gasteiger partial charge in [-0.25, -0.2) is 0 Å². The minimum atomic E-state index is 0.0983. The van der Waals surface area contributed by atoms with Crippen LogP contribution in [-0.4, -0.2) is 12.0 Å². The summed E-state index contributed by atoms with van der Waals surface area (Å²) in [4.78, 5) is 17.0. The summed E-state index contributed by atoms with van der Waals surface area (Å²) in [5.41, 5.74) is 1.30. The average Bonchev–Trinajstić information content (AvgIpc) is 2.83. The lowest BCUT2D eigenvalue weighted by Gasteiger charge is -2.34. The number of carbonyl (C=O) groups is 1. The van der Waals surface area contributed by atoms with Gasteiger partial charge in [-0.1, -0.05) is 45.9 Å². The molecule has 0 amide bonds. The van der Waals surface area contributed by atoms with Crippen LogP contribution in [0.2, 0.25) is 0 Å². The number of nitrogens with zero attached hydrogens (tertiary/aromatic N) is 1. The van der Waals surface area contributed by atoms with Crippen LogP contribution in [-0.2, 0) is 4.79 Å². The van der Waals surface area contributed by atoms with E-state index in [2.05, 4.69) is 38.9 Å². The minimum absolute atomic E-state index is 0.0983. The van der Waals surface area contributed by atoms with Gasteiger partial charge in [0, 0.05) is 24.5 Å². The van der Waals surface area contributed by atoms with Crippen LogP contribution in [0.5, 0.6) is 0 Å². The Kier molecular flexibility index (Phi) is 3.31. The molecule has 0 aromatic heterocycles. The molecular formula is C19H25NO. The van der Waals surface area contributed by atoms with E-state index in [4.69, 9.17) is 0 Å². The Hall–Kier alpha value is -1.44. The highest BCUT2D eigenvalue weighted by molar-refractivity contribution is 5.87. The van der Waals surface area contributed by atoms with E-state index >= 15 is 0 Å². The lowest BCUT2D eigenvalue weighted by molar-refractivity contribution is -0.130. The van der Waals surface area contributed by atoms with E-state index < -0.39 is 0 Å². The first-order chi connectivity index (χ1) is 9.82. The molecule has 0 aliphatic heterocycles. The van der Waals surface area contributed by atoms with Crippen molar-refractivity contribution in [3.63, 3.8) is 0 Å². The molecule has 0 radical (unpaired) electrons. The number of hydrogen-bond donors (Lipinski definition) is 0. The van der Waals surface area contributed by atoms with Gasteiger partial charge in [-0.15, -0.1) is 0 Å². The summed E-state index contributed by atoms with van der Waals surface area (Å²) in [6.07, 6.45) is 3.85. The minimum Gasteiger partial charge on any atom is -0.299 e. The maximum atomic E-state index is 12.5. The molecule has 2 nitrogen and oxygen atoms in total. The van der Waals surface area contributed by atoms with Gasteiger partial charge in [0.1, 0.15) is 5.78 Å². The van der Waals surface area contributed by atoms with Crippen LogP contribution in [0.4, 0.5) is 5.69 Å². The summed E-state index contributed by atoms with van der Waals surface area (Å²) >= 11 is 0. The van der Waals surface area contributed by atoms with Gasteiger partial charge in [0.25, 0.3) is 0 Å². The number of carbonyl (C=O) groups excluding carboxylic acids is 1. The molecular weight excluding hydrogens is 258 g/mol. The Bertz CT molecular complexity index is 569. The molecule has 0 N–H and O–H groups in total. The van der Waals surface area contributed by atoms with Crippen LogP contribution in [0.15, 0.2) is 35.3 Å². The van der Waals surface area contributed by atoms with Crippen LogP contribution >= 0.6 is 0 Å². The smallest absolute Gasteiger partial charge is 0.137 e. The van der Waals surface area contributed by atoms with Crippen LogP contribution in [0.25, 0.3) is 0 Å². The molecule has 1 aromatic rings. The molecule has 0 spiro atoms. The third kappa shape index (κ3) is 2.56. The normalized spacial score (nSPS) is 34.4. The maximum Gasteiger partial charge on any atom is 0.137 e. The van der Waals surface area contributed by atoms with Crippen molar-refractivity contribution in [1.82, 2.24) is 0 Å². The van der Waals surface area contributed by atoms with Crippen molar-refractivity contribution in [2.24, 2.45) is 33.6 Å². The van der Waals surface area contributed by atoms with Crippen molar-refractivity contribution in [2.75, 3.05) is 0 Å². The number of rotatable bonds is 4. The molecule has 0 heterocycles. The third-order valence-electron chi connectivity index (χ3n) is 5.32. The van der Waals surface area contributed by atoms with Gasteiger partial charge in [-0.05, 0) is 35.3 Å². The van der Waals surface area contributed by atoms with Crippen LogP contribution in [0.3, 0.4) is 0 Å². The zero-order valence-corrected chi connectivity index (χ0v) is 13.5. The number of fused-ring (bicyclic) bond motifs is 1. The molecule has 2 aliphatic carbocycles.